The van der Waals surface area contributed by atoms with E-state index in [2.05, 4.69) is 10.6 Å². The molecule has 0 radical (unpaired) electrons. The van der Waals surface area contributed by atoms with Crippen LogP contribution in [-0.4, -0.2) is 34.6 Å². The average molecular weight is 471 g/mol. The van der Waals surface area contributed by atoms with Crippen molar-refractivity contribution in [2.24, 2.45) is 17.6 Å². The third-order valence-electron chi connectivity index (χ3n) is 6.76. The average Bonchev–Trinajstić information content (AvgIpc) is 3.34. The Bertz CT molecular complexity index is 1220. The topological polar surface area (TPSA) is 122 Å². The Morgan fingerprint density at radius 1 is 1.15 bits per heavy atom. The van der Waals surface area contributed by atoms with Gasteiger partial charge in [0.05, 0.1) is 18.4 Å². The molecule has 2 aromatic carbocycles. The lowest BCUT2D eigenvalue weighted by Gasteiger charge is -2.29. The van der Waals surface area contributed by atoms with E-state index in [1.165, 1.54) is 18.2 Å². The number of carbonyl (C=O) groups is 4. The Hall–Kier alpha value is -3.30. The van der Waals surface area contributed by atoms with Gasteiger partial charge in [-0.3, -0.25) is 29.4 Å². The zero-order chi connectivity index (χ0) is 23.5. The van der Waals surface area contributed by atoms with Crippen LogP contribution in [0.5, 0.6) is 0 Å². The minimum absolute atomic E-state index is 0.0411. The number of hydrogen-bond acceptors (Lipinski definition) is 5. The van der Waals surface area contributed by atoms with Crippen molar-refractivity contribution in [3.05, 3.63) is 64.4 Å². The van der Waals surface area contributed by atoms with E-state index in [1.54, 1.807) is 24.3 Å². The number of carbonyl (C=O) groups excluding carboxylic acids is 4. The van der Waals surface area contributed by atoms with Crippen molar-refractivity contribution in [2.45, 2.75) is 31.0 Å². The first-order valence-corrected chi connectivity index (χ1v) is 10.9. The highest BCUT2D eigenvalue weighted by Crippen LogP contribution is 2.53. The quantitative estimate of drug-likeness (QED) is 0.574. The van der Waals surface area contributed by atoms with Crippen molar-refractivity contribution >= 4 is 40.9 Å². The van der Waals surface area contributed by atoms with Gasteiger partial charge in [-0.1, -0.05) is 29.8 Å². The highest BCUT2D eigenvalue weighted by Gasteiger charge is 2.70. The van der Waals surface area contributed by atoms with Crippen LogP contribution in [0.4, 0.5) is 10.1 Å². The van der Waals surface area contributed by atoms with Crippen LogP contribution in [0.25, 0.3) is 0 Å². The summed E-state index contributed by atoms with van der Waals surface area (Å²) in [5.74, 6) is -4.73. The van der Waals surface area contributed by atoms with E-state index in [9.17, 15) is 23.6 Å². The Morgan fingerprint density at radius 3 is 2.64 bits per heavy atom. The van der Waals surface area contributed by atoms with Crippen LogP contribution >= 0.6 is 11.6 Å². The van der Waals surface area contributed by atoms with Crippen LogP contribution in [0.3, 0.4) is 0 Å². The third kappa shape index (κ3) is 3.14. The van der Waals surface area contributed by atoms with E-state index in [0.717, 1.165) is 4.90 Å². The van der Waals surface area contributed by atoms with Crippen LogP contribution in [0.2, 0.25) is 5.02 Å². The number of nitrogens with zero attached hydrogens (tertiary/aromatic N) is 1. The van der Waals surface area contributed by atoms with Crippen LogP contribution in [0.1, 0.15) is 24.0 Å². The van der Waals surface area contributed by atoms with Gasteiger partial charge < -0.3 is 11.1 Å². The molecule has 0 saturated carbocycles. The van der Waals surface area contributed by atoms with Gasteiger partial charge in [0.1, 0.15) is 11.4 Å². The van der Waals surface area contributed by atoms with Crippen molar-refractivity contribution in [1.29, 1.82) is 0 Å². The third-order valence-corrected chi connectivity index (χ3v) is 7.13. The molecule has 0 aromatic heterocycles. The molecule has 3 aliphatic rings. The maximum absolute atomic E-state index is 14.2. The Balaban J connectivity index is 1.60. The number of nitrogens with two attached hydrogens (primary N) is 1. The van der Waals surface area contributed by atoms with Gasteiger partial charge in [-0.2, -0.15) is 0 Å². The molecule has 170 valence electrons. The molecule has 1 spiro atoms. The number of nitrogens with one attached hydrogen (secondary N) is 2. The lowest BCUT2D eigenvalue weighted by molar-refractivity contribution is -0.143. The molecule has 5 rings (SSSR count). The summed E-state index contributed by atoms with van der Waals surface area (Å²) in [5.41, 5.74) is 4.90. The number of imide groups is 1. The minimum atomic E-state index is -1.63. The smallest absolute Gasteiger partial charge is 0.250 e. The number of hydrogen-bond donors (Lipinski definition) is 3. The summed E-state index contributed by atoms with van der Waals surface area (Å²) in [7, 11) is 0. The number of halogens is 2. The fourth-order valence-corrected chi connectivity index (χ4v) is 5.53. The zero-order valence-electron chi connectivity index (χ0n) is 17.3. The van der Waals surface area contributed by atoms with Gasteiger partial charge in [0.2, 0.25) is 23.6 Å². The molecule has 2 saturated heterocycles. The molecule has 0 aliphatic carbocycles. The van der Waals surface area contributed by atoms with E-state index < -0.39 is 52.9 Å². The maximum Gasteiger partial charge on any atom is 0.250 e. The molecule has 4 N–H and O–H groups in total. The van der Waals surface area contributed by atoms with E-state index in [4.69, 9.17) is 17.3 Å². The van der Waals surface area contributed by atoms with E-state index in [-0.39, 0.29) is 24.9 Å². The van der Waals surface area contributed by atoms with Crippen molar-refractivity contribution in [1.82, 2.24) is 10.2 Å². The highest BCUT2D eigenvalue weighted by molar-refractivity contribution is 6.31. The summed E-state index contributed by atoms with van der Waals surface area (Å²) in [4.78, 5) is 53.0. The predicted molar refractivity (Wildman–Crippen MR) is 116 cm³/mol. The summed E-state index contributed by atoms with van der Waals surface area (Å²) >= 11 is 6.24. The first-order valence-electron chi connectivity index (χ1n) is 10.5. The van der Waals surface area contributed by atoms with Crippen LogP contribution in [0.15, 0.2) is 42.5 Å². The molecule has 0 unspecified atom stereocenters. The normalized spacial score (nSPS) is 27.8. The lowest BCUT2D eigenvalue weighted by Crippen LogP contribution is -2.53. The van der Waals surface area contributed by atoms with Crippen molar-refractivity contribution in [3.63, 3.8) is 0 Å². The van der Waals surface area contributed by atoms with Crippen LogP contribution < -0.4 is 16.4 Å². The monoisotopic (exact) mass is 470 g/mol. The van der Waals surface area contributed by atoms with E-state index in [0.29, 0.717) is 16.3 Å². The largest absolute Gasteiger partial charge is 0.370 e. The number of fused-ring (bicyclic) bond motifs is 4. The van der Waals surface area contributed by atoms with Crippen molar-refractivity contribution in [3.8, 4) is 0 Å². The van der Waals surface area contributed by atoms with Gasteiger partial charge >= 0.3 is 0 Å². The molecule has 8 nitrogen and oxygen atoms in total. The second-order valence-electron chi connectivity index (χ2n) is 8.57. The molecule has 4 atom stereocenters. The fraction of sp³-hybridized carbons (Fsp3) is 0.304. The van der Waals surface area contributed by atoms with E-state index in [1.807, 2.05) is 0 Å². The number of likely N-dealkylation sites (tertiary alicyclic amines) is 1. The van der Waals surface area contributed by atoms with Crippen molar-refractivity contribution < 1.29 is 23.6 Å². The molecular weight excluding hydrogens is 451 g/mol. The number of anilines is 1. The number of rotatable bonds is 5. The van der Waals surface area contributed by atoms with Gasteiger partial charge in [-0.25, -0.2) is 4.39 Å². The molecule has 0 bridgehead atoms. The molecule has 33 heavy (non-hydrogen) atoms. The standard InChI is InChI=1S/C23H20ClFN4O4/c24-14-4-2-1-3-11(14)10-29-20(31)18-16(7-8-17(26)30)28-23(19(18)21(29)32)13-9-12(25)5-6-15(13)27-22(23)33/h1-6,9,16,18-19,28H,7-8,10H2,(H2,26,30)(H,27,33)/t16-,18-,19+,23-/m1/s1. The highest BCUT2D eigenvalue weighted by atomic mass is 35.5. The number of benzene rings is 2. The molecular formula is C23H20ClFN4O4. The summed E-state index contributed by atoms with van der Waals surface area (Å²) in [5, 5.41) is 6.24. The second kappa shape index (κ2) is 7.64. The minimum Gasteiger partial charge on any atom is -0.370 e. The van der Waals surface area contributed by atoms with Crippen molar-refractivity contribution in [2.75, 3.05) is 5.32 Å². The zero-order valence-corrected chi connectivity index (χ0v) is 18.1. The van der Waals surface area contributed by atoms with Crippen LogP contribution in [-0.2, 0) is 31.3 Å². The summed E-state index contributed by atoms with van der Waals surface area (Å²) in [6.45, 7) is -0.0550. The molecule has 3 heterocycles. The fourth-order valence-electron chi connectivity index (χ4n) is 5.33. The first-order chi connectivity index (χ1) is 15.7. The Labute approximate surface area is 193 Å². The Kier molecular flexibility index (Phi) is 4.98. The van der Waals surface area contributed by atoms with E-state index >= 15 is 0 Å². The summed E-state index contributed by atoms with van der Waals surface area (Å²) in [6.07, 6.45) is 0.107. The molecule has 3 aliphatic heterocycles. The Morgan fingerprint density at radius 2 is 1.91 bits per heavy atom. The summed E-state index contributed by atoms with van der Waals surface area (Å²) in [6, 6.07) is 10.00. The maximum atomic E-state index is 14.2. The van der Waals surface area contributed by atoms with Gasteiger partial charge in [-0.05, 0) is 36.2 Å². The number of amides is 4. The molecule has 4 amide bonds. The lowest BCUT2D eigenvalue weighted by atomic mass is 9.76. The van der Waals surface area contributed by atoms with Gasteiger partial charge in [0.25, 0.3) is 0 Å². The van der Waals surface area contributed by atoms with Crippen LogP contribution in [0, 0.1) is 17.7 Å². The second-order valence-corrected chi connectivity index (χ2v) is 8.97. The predicted octanol–water partition coefficient (Wildman–Crippen LogP) is 1.67. The SMILES string of the molecule is NC(=O)CC[C@H]1N[C@@]2(C(=O)Nc3ccc(F)cc32)[C@@H]2C(=O)N(Cc3ccccc3Cl)C(=O)[C@@H]21. The van der Waals surface area contributed by atoms with Gasteiger partial charge in [0.15, 0.2) is 0 Å². The number of primary amides is 1. The van der Waals surface area contributed by atoms with Gasteiger partial charge in [0, 0.05) is 28.7 Å². The first kappa shape index (κ1) is 21.5. The summed E-state index contributed by atoms with van der Waals surface area (Å²) < 4.78 is 14.2. The molecule has 2 aromatic rings. The molecule has 2 fully saturated rings. The van der Waals surface area contributed by atoms with Gasteiger partial charge in [-0.15, -0.1) is 0 Å². The molecule has 10 heteroatoms.